The molecular formula is C28H33ClN2O8S. The minimum atomic E-state index is -4.27. The molecule has 216 valence electrons. The Hall–Kier alpha value is -3.83. The fourth-order valence-electron chi connectivity index (χ4n) is 4.00. The van der Waals surface area contributed by atoms with E-state index >= 15 is 0 Å². The van der Waals surface area contributed by atoms with Crippen molar-refractivity contribution in [2.45, 2.75) is 17.7 Å². The summed E-state index contributed by atoms with van der Waals surface area (Å²) in [7, 11) is 3.12. The van der Waals surface area contributed by atoms with Crippen LogP contribution >= 0.6 is 11.6 Å². The third kappa shape index (κ3) is 7.22. The minimum absolute atomic E-state index is 0.103. The molecule has 0 aliphatic carbocycles. The summed E-state index contributed by atoms with van der Waals surface area (Å²) in [6.07, 6.45) is 1.28. The van der Waals surface area contributed by atoms with E-state index in [0.29, 0.717) is 36.6 Å². The number of ether oxygens (including phenoxy) is 5. The van der Waals surface area contributed by atoms with E-state index in [1.807, 2.05) is 18.2 Å². The Bertz CT molecular complexity index is 1430. The molecule has 0 saturated heterocycles. The molecular weight excluding hydrogens is 560 g/mol. The Balaban J connectivity index is 1.82. The summed E-state index contributed by atoms with van der Waals surface area (Å²) in [5.41, 5.74) is 1.12. The second kappa shape index (κ2) is 14.0. The predicted molar refractivity (Wildman–Crippen MR) is 153 cm³/mol. The highest BCUT2D eigenvalue weighted by atomic mass is 35.5. The van der Waals surface area contributed by atoms with E-state index in [4.69, 9.17) is 35.3 Å². The van der Waals surface area contributed by atoms with Crippen molar-refractivity contribution >= 4 is 33.2 Å². The zero-order valence-electron chi connectivity index (χ0n) is 23.0. The van der Waals surface area contributed by atoms with Gasteiger partial charge in [0, 0.05) is 17.6 Å². The molecule has 3 aromatic carbocycles. The molecule has 1 N–H and O–H groups in total. The number of hydrogen-bond acceptors (Lipinski definition) is 8. The number of rotatable bonds is 14. The van der Waals surface area contributed by atoms with E-state index in [-0.39, 0.29) is 27.1 Å². The van der Waals surface area contributed by atoms with E-state index in [9.17, 15) is 13.2 Å². The fourth-order valence-corrected chi connectivity index (χ4v) is 5.61. The van der Waals surface area contributed by atoms with Crippen LogP contribution in [-0.2, 0) is 21.2 Å². The maximum Gasteiger partial charge on any atom is 0.265 e. The van der Waals surface area contributed by atoms with Gasteiger partial charge in [0.1, 0.15) is 12.3 Å². The van der Waals surface area contributed by atoms with Gasteiger partial charge in [-0.25, -0.2) is 8.42 Å². The van der Waals surface area contributed by atoms with E-state index < -0.39 is 22.5 Å². The van der Waals surface area contributed by atoms with Crippen LogP contribution in [0.1, 0.15) is 12.0 Å². The first kappa shape index (κ1) is 30.7. The summed E-state index contributed by atoms with van der Waals surface area (Å²) in [5.74, 6) is 1.57. The highest BCUT2D eigenvalue weighted by Crippen LogP contribution is 2.37. The van der Waals surface area contributed by atoms with E-state index in [1.54, 1.807) is 20.3 Å². The van der Waals surface area contributed by atoms with Crippen molar-refractivity contribution in [3.63, 3.8) is 0 Å². The second-order valence-corrected chi connectivity index (χ2v) is 10.8. The Morgan fingerprint density at radius 3 is 1.98 bits per heavy atom. The number of sulfonamides is 1. The first-order valence-electron chi connectivity index (χ1n) is 12.2. The average Bonchev–Trinajstić information content (AvgIpc) is 2.97. The lowest BCUT2D eigenvalue weighted by atomic mass is 10.1. The van der Waals surface area contributed by atoms with Crippen molar-refractivity contribution in [2.75, 3.05) is 52.9 Å². The Morgan fingerprint density at radius 1 is 0.775 bits per heavy atom. The monoisotopic (exact) mass is 592 g/mol. The van der Waals surface area contributed by atoms with Gasteiger partial charge < -0.3 is 29.0 Å². The normalized spacial score (nSPS) is 10.9. The Kier molecular flexibility index (Phi) is 10.7. The van der Waals surface area contributed by atoms with Crippen molar-refractivity contribution in [1.82, 2.24) is 5.32 Å². The molecule has 0 fully saturated rings. The van der Waals surface area contributed by atoms with E-state index in [2.05, 4.69) is 5.32 Å². The molecule has 0 aliphatic rings. The highest BCUT2D eigenvalue weighted by Gasteiger charge is 2.30. The number of halogens is 1. The molecule has 0 saturated carbocycles. The number of benzene rings is 3. The first-order chi connectivity index (χ1) is 19.2. The Labute approximate surface area is 239 Å². The van der Waals surface area contributed by atoms with Gasteiger partial charge in [-0.15, -0.1) is 0 Å². The van der Waals surface area contributed by atoms with Gasteiger partial charge in [-0.3, -0.25) is 9.10 Å². The topological polar surface area (TPSA) is 113 Å². The molecule has 10 nitrogen and oxygen atoms in total. The third-order valence-electron chi connectivity index (χ3n) is 6.05. The van der Waals surface area contributed by atoms with Crippen LogP contribution in [0.25, 0.3) is 0 Å². The largest absolute Gasteiger partial charge is 0.495 e. The van der Waals surface area contributed by atoms with Gasteiger partial charge in [0.15, 0.2) is 23.0 Å². The van der Waals surface area contributed by atoms with Crippen LogP contribution in [0, 0.1) is 0 Å². The maximum absolute atomic E-state index is 13.9. The van der Waals surface area contributed by atoms with Gasteiger partial charge in [0.2, 0.25) is 5.91 Å². The molecule has 3 aromatic rings. The van der Waals surface area contributed by atoms with Crippen molar-refractivity contribution in [1.29, 1.82) is 0 Å². The lowest BCUT2D eigenvalue weighted by Crippen LogP contribution is -2.41. The summed E-state index contributed by atoms with van der Waals surface area (Å²) in [6.45, 7) is -0.187. The lowest BCUT2D eigenvalue weighted by Gasteiger charge is -2.26. The summed E-state index contributed by atoms with van der Waals surface area (Å²) < 4.78 is 55.2. The summed E-state index contributed by atoms with van der Waals surface area (Å²) in [4.78, 5) is 12.9. The molecule has 3 rings (SSSR count). The summed E-state index contributed by atoms with van der Waals surface area (Å²) in [5, 5.41) is 3.08. The molecule has 0 spiro atoms. The molecule has 0 aromatic heterocycles. The molecule has 0 bridgehead atoms. The number of nitrogens with one attached hydrogen (secondary N) is 1. The highest BCUT2D eigenvalue weighted by molar-refractivity contribution is 7.92. The van der Waals surface area contributed by atoms with Crippen LogP contribution in [0.4, 0.5) is 5.69 Å². The van der Waals surface area contributed by atoms with Gasteiger partial charge in [-0.05, 0) is 60.9 Å². The molecule has 0 aliphatic heterocycles. The minimum Gasteiger partial charge on any atom is -0.495 e. The smallest absolute Gasteiger partial charge is 0.265 e. The number of carbonyl (C=O) groups excluding carboxylic acids is 1. The first-order valence-corrected chi connectivity index (χ1v) is 14.1. The van der Waals surface area contributed by atoms with Crippen LogP contribution in [0.5, 0.6) is 28.7 Å². The zero-order valence-corrected chi connectivity index (χ0v) is 24.6. The standard InChI is InChI=1S/C28H33ClN2O8S/c1-35-23-12-9-20(29)16-22(23)31(40(33,34)21-10-13-25(37-3)27(17-21)39-5)18-28(32)30-14-6-7-19-8-11-24(36-2)26(15-19)38-4/h8-13,15-17H,6-7,14,18H2,1-5H3,(H,30,32). The number of hydrogen-bond donors (Lipinski definition) is 1. The fraction of sp³-hybridized carbons (Fsp3) is 0.321. The Morgan fingerprint density at radius 2 is 1.35 bits per heavy atom. The van der Waals surface area contributed by atoms with Gasteiger partial charge in [0.25, 0.3) is 10.0 Å². The number of nitrogens with zero attached hydrogens (tertiary/aromatic N) is 1. The van der Waals surface area contributed by atoms with Crippen LogP contribution in [0.15, 0.2) is 59.5 Å². The number of methoxy groups -OCH3 is 5. The molecule has 1 amide bonds. The van der Waals surface area contributed by atoms with E-state index in [0.717, 1.165) is 9.87 Å². The molecule has 0 radical (unpaired) electrons. The number of anilines is 1. The van der Waals surface area contributed by atoms with Gasteiger partial charge >= 0.3 is 0 Å². The zero-order chi connectivity index (χ0) is 29.3. The molecule has 0 atom stereocenters. The SMILES string of the molecule is COc1ccc(CCCNC(=O)CN(c2cc(Cl)ccc2OC)S(=O)(=O)c2ccc(OC)c(OC)c2)cc1OC. The molecule has 40 heavy (non-hydrogen) atoms. The quantitative estimate of drug-likeness (QED) is 0.275. The van der Waals surface area contributed by atoms with Gasteiger partial charge in [0.05, 0.1) is 46.1 Å². The van der Waals surface area contributed by atoms with Crippen LogP contribution < -0.4 is 33.3 Å². The van der Waals surface area contributed by atoms with Crippen molar-refractivity contribution in [3.05, 3.63) is 65.2 Å². The number of aryl methyl sites for hydroxylation is 1. The van der Waals surface area contributed by atoms with Crippen molar-refractivity contribution in [3.8, 4) is 28.7 Å². The van der Waals surface area contributed by atoms with Crippen molar-refractivity contribution < 1.29 is 36.9 Å². The van der Waals surface area contributed by atoms with Gasteiger partial charge in [-0.2, -0.15) is 0 Å². The number of carbonyl (C=O) groups is 1. The predicted octanol–water partition coefficient (Wildman–Crippen LogP) is 4.33. The van der Waals surface area contributed by atoms with Crippen molar-refractivity contribution in [2.24, 2.45) is 0 Å². The third-order valence-corrected chi connectivity index (χ3v) is 8.04. The average molecular weight is 593 g/mol. The van der Waals surface area contributed by atoms with Crippen LogP contribution in [-0.4, -0.2) is 63.0 Å². The van der Waals surface area contributed by atoms with Crippen LogP contribution in [0.2, 0.25) is 5.02 Å². The molecule has 0 heterocycles. The summed E-state index contributed by atoms with van der Waals surface area (Å²) >= 11 is 6.21. The van der Waals surface area contributed by atoms with E-state index in [1.165, 1.54) is 51.7 Å². The lowest BCUT2D eigenvalue weighted by molar-refractivity contribution is -0.119. The van der Waals surface area contributed by atoms with Crippen LogP contribution in [0.3, 0.4) is 0 Å². The second-order valence-electron chi connectivity index (χ2n) is 8.49. The maximum atomic E-state index is 13.9. The number of amides is 1. The van der Waals surface area contributed by atoms with Gasteiger partial charge in [-0.1, -0.05) is 17.7 Å². The molecule has 0 unspecified atom stereocenters. The molecule has 12 heteroatoms. The summed E-state index contributed by atoms with van der Waals surface area (Å²) in [6, 6.07) is 14.4.